The molecule has 4 rings (SSSR count). The fourth-order valence-electron chi connectivity index (χ4n) is 5.25. The van der Waals surface area contributed by atoms with Gasteiger partial charge in [-0.1, -0.05) is 62.4 Å². The van der Waals surface area contributed by atoms with Gasteiger partial charge < -0.3 is 4.74 Å². The van der Waals surface area contributed by atoms with Gasteiger partial charge in [0.05, 0.1) is 16.9 Å². The van der Waals surface area contributed by atoms with Gasteiger partial charge in [0.2, 0.25) is 11.8 Å². The van der Waals surface area contributed by atoms with Crippen molar-refractivity contribution in [2.75, 3.05) is 14.2 Å². The van der Waals surface area contributed by atoms with Gasteiger partial charge in [-0.15, -0.1) is 0 Å². The lowest BCUT2D eigenvalue weighted by atomic mass is 9.47. The molecule has 2 atom stereocenters. The molecular weight excluding hydrogens is 350 g/mol. The predicted molar refractivity (Wildman–Crippen MR) is 109 cm³/mol. The summed E-state index contributed by atoms with van der Waals surface area (Å²) in [5.41, 5.74) is 1.53. The number of amides is 2. The zero-order valence-corrected chi connectivity index (χ0v) is 17.4. The van der Waals surface area contributed by atoms with Crippen LogP contribution in [0, 0.1) is 5.41 Å². The van der Waals surface area contributed by atoms with Crippen molar-refractivity contribution in [3.63, 3.8) is 0 Å². The minimum atomic E-state index is -1.04. The van der Waals surface area contributed by atoms with Gasteiger partial charge in [0.1, 0.15) is 0 Å². The largest absolute Gasteiger partial charge is 0.378 e. The van der Waals surface area contributed by atoms with Gasteiger partial charge in [-0.05, 0) is 36.1 Å². The molecule has 0 N–H and O–H groups in total. The molecule has 2 unspecified atom stereocenters. The summed E-state index contributed by atoms with van der Waals surface area (Å²) in [4.78, 5) is 28.7. The highest BCUT2D eigenvalue weighted by molar-refractivity contribution is 6.16. The van der Waals surface area contributed by atoms with E-state index in [2.05, 4.69) is 19.9 Å². The van der Waals surface area contributed by atoms with Crippen LogP contribution < -0.4 is 0 Å². The van der Waals surface area contributed by atoms with E-state index < -0.39 is 22.3 Å². The van der Waals surface area contributed by atoms with Gasteiger partial charge in [-0.3, -0.25) is 14.5 Å². The van der Waals surface area contributed by atoms with E-state index in [1.54, 1.807) is 14.2 Å². The van der Waals surface area contributed by atoms with Crippen molar-refractivity contribution < 1.29 is 14.3 Å². The summed E-state index contributed by atoms with van der Waals surface area (Å²) in [5, 5.41) is 0. The topological polar surface area (TPSA) is 46.6 Å². The minimum absolute atomic E-state index is 0.146. The Morgan fingerprint density at radius 2 is 1.50 bits per heavy atom. The second kappa shape index (κ2) is 5.77. The Labute approximate surface area is 166 Å². The number of benzene rings is 2. The third-order valence-corrected chi connectivity index (χ3v) is 7.57. The van der Waals surface area contributed by atoms with Crippen LogP contribution in [0.2, 0.25) is 0 Å². The van der Waals surface area contributed by atoms with Crippen molar-refractivity contribution in [2.24, 2.45) is 5.41 Å². The minimum Gasteiger partial charge on any atom is -0.378 e. The molecule has 1 saturated heterocycles. The normalized spacial score (nSPS) is 24.1. The van der Waals surface area contributed by atoms with Gasteiger partial charge >= 0.3 is 0 Å². The maximum absolute atomic E-state index is 13.9. The molecule has 0 bridgehead atoms. The number of carbonyl (C=O) groups excluding carboxylic acids is 2. The first-order valence-corrected chi connectivity index (χ1v) is 9.69. The highest BCUT2D eigenvalue weighted by Crippen LogP contribution is 2.65. The molecule has 2 aromatic carbocycles. The van der Waals surface area contributed by atoms with E-state index in [1.165, 1.54) is 4.90 Å². The molecule has 1 aliphatic carbocycles. The standard InChI is InChI=1S/C24H27NO3/c1-22(2,23(3,4)28-6)24-18-14-10-9-12-16(18)15-11-7-8-13-17(15)19(24)20(26)25(5)21(24)27/h7-14,19H,1-6H3. The Morgan fingerprint density at radius 1 is 0.929 bits per heavy atom. The average molecular weight is 377 g/mol. The number of carbonyl (C=O) groups is 2. The van der Waals surface area contributed by atoms with E-state index in [1.807, 2.05) is 56.3 Å². The number of methoxy groups -OCH3 is 1. The van der Waals surface area contributed by atoms with E-state index in [-0.39, 0.29) is 11.8 Å². The molecule has 0 spiro atoms. The Balaban J connectivity index is 2.19. The summed E-state index contributed by atoms with van der Waals surface area (Å²) in [6.07, 6.45) is 0. The van der Waals surface area contributed by atoms with Gasteiger partial charge in [-0.25, -0.2) is 0 Å². The SMILES string of the molecule is COC(C)(C)C(C)(C)C12C(=O)N(C)C(=O)C1c1ccccc1-c1ccccc12. The molecule has 2 aromatic rings. The molecule has 1 heterocycles. The molecule has 146 valence electrons. The summed E-state index contributed by atoms with van der Waals surface area (Å²) in [7, 11) is 3.27. The highest BCUT2D eigenvalue weighted by Gasteiger charge is 2.71. The summed E-state index contributed by atoms with van der Waals surface area (Å²) < 4.78 is 5.90. The summed E-state index contributed by atoms with van der Waals surface area (Å²) in [6, 6.07) is 16.0. The van der Waals surface area contributed by atoms with Crippen molar-refractivity contribution in [2.45, 2.75) is 44.6 Å². The third-order valence-electron chi connectivity index (χ3n) is 7.57. The van der Waals surface area contributed by atoms with Crippen LogP contribution in [-0.4, -0.2) is 36.5 Å². The van der Waals surface area contributed by atoms with Gasteiger partial charge in [-0.2, -0.15) is 0 Å². The molecule has 1 fully saturated rings. The molecule has 2 amide bonds. The van der Waals surface area contributed by atoms with E-state index >= 15 is 0 Å². The molecule has 1 aliphatic heterocycles. The van der Waals surface area contributed by atoms with E-state index in [9.17, 15) is 9.59 Å². The molecule has 4 heteroatoms. The first kappa shape index (κ1) is 18.9. The highest BCUT2D eigenvalue weighted by atomic mass is 16.5. The lowest BCUT2D eigenvalue weighted by Gasteiger charge is -2.55. The molecule has 0 aromatic heterocycles. The number of hydrogen-bond acceptors (Lipinski definition) is 3. The first-order valence-electron chi connectivity index (χ1n) is 9.69. The van der Waals surface area contributed by atoms with Gasteiger partial charge in [0, 0.05) is 19.6 Å². The lowest BCUT2D eigenvalue weighted by molar-refractivity contribution is -0.151. The molecule has 28 heavy (non-hydrogen) atoms. The van der Waals surface area contributed by atoms with Crippen LogP contribution in [0.3, 0.4) is 0 Å². The number of rotatable bonds is 3. The number of imide groups is 1. The average Bonchev–Trinajstić information content (AvgIpc) is 2.90. The van der Waals surface area contributed by atoms with E-state index in [0.717, 1.165) is 22.3 Å². The van der Waals surface area contributed by atoms with Crippen molar-refractivity contribution in [3.8, 4) is 11.1 Å². The van der Waals surface area contributed by atoms with Crippen LogP contribution in [0.15, 0.2) is 48.5 Å². The smallest absolute Gasteiger partial charge is 0.241 e. The van der Waals surface area contributed by atoms with Crippen LogP contribution >= 0.6 is 0 Å². The van der Waals surface area contributed by atoms with E-state index in [4.69, 9.17) is 4.74 Å². The number of fused-ring (bicyclic) bond motifs is 6. The predicted octanol–water partition coefficient (Wildman–Crippen LogP) is 4.14. The van der Waals surface area contributed by atoms with Crippen molar-refractivity contribution >= 4 is 11.8 Å². The number of likely N-dealkylation sites (tertiary alicyclic amines) is 1. The van der Waals surface area contributed by atoms with Crippen LogP contribution in [0.1, 0.15) is 44.7 Å². The van der Waals surface area contributed by atoms with E-state index in [0.29, 0.717) is 0 Å². The van der Waals surface area contributed by atoms with Gasteiger partial charge in [0.15, 0.2) is 0 Å². The number of likely N-dealkylation sites (N-methyl/N-ethyl adjacent to an activating group) is 1. The lowest BCUT2D eigenvalue weighted by Crippen LogP contribution is -2.61. The second-order valence-electron chi connectivity index (χ2n) is 8.92. The maximum atomic E-state index is 13.9. The van der Waals surface area contributed by atoms with Crippen LogP contribution in [0.25, 0.3) is 11.1 Å². The third kappa shape index (κ3) is 1.94. The second-order valence-corrected chi connectivity index (χ2v) is 8.92. The van der Waals surface area contributed by atoms with Gasteiger partial charge in [0.25, 0.3) is 0 Å². The van der Waals surface area contributed by atoms with Crippen molar-refractivity contribution in [1.29, 1.82) is 0 Å². The van der Waals surface area contributed by atoms with Crippen LogP contribution in [0.5, 0.6) is 0 Å². The zero-order chi connectivity index (χ0) is 20.5. The molecular formula is C24H27NO3. The Kier molecular flexibility index (Phi) is 3.89. The Bertz CT molecular complexity index is 991. The molecule has 0 radical (unpaired) electrons. The monoisotopic (exact) mass is 377 g/mol. The Hall–Kier alpha value is -2.46. The fraction of sp³-hybridized carbons (Fsp3) is 0.417. The maximum Gasteiger partial charge on any atom is 0.241 e. The number of nitrogens with zero attached hydrogens (tertiary/aromatic N) is 1. The number of ether oxygens (including phenoxy) is 1. The zero-order valence-electron chi connectivity index (χ0n) is 17.4. The van der Waals surface area contributed by atoms with Crippen molar-refractivity contribution in [3.05, 3.63) is 59.7 Å². The van der Waals surface area contributed by atoms with Crippen LogP contribution in [-0.2, 0) is 19.7 Å². The van der Waals surface area contributed by atoms with Crippen LogP contribution in [0.4, 0.5) is 0 Å². The number of hydrogen-bond donors (Lipinski definition) is 0. The Morgan fingerprint density at radius 3 is 2.14 bits per heavy atom. The molecule has 4 nitrogen and oxygen atoms in total. The molecule has 2 aliphatic rings. The quantitative estimate of drug-likeness (QED) is 0.756. The van der Waals surface area contributed by atoms with Crippen molar-refractivity contribution in [1.82, 2.24) is 4.90 Å². The summed E-state index contributed by atoms with van der Waals surface area (Å²) in [6.45, 7) is 8.10. The molecule has 0 saturated carbocycles. The fourth-order valence-corrected chi connectivity index (χ4v) is 5.25. The summed E-state index contributed by atoms with van der Waals surface area (Å²) >= 11 is 0. The first-order chi connectivity index (χ1) is 13.1. The summed E-state index contributed by atoms with van der Waals surface area (Å²) in [5.74, 6) is -0.868.